The lowest BCUT2D eigenvalue weighted by Crippen LogP contribution is -2.46. The zero-order valence-electron chi connectivity index (χ0n) is 26.3. The predicted octanol–water partition coefficient (Wildman–Crippen LogP) is 4.53. The van der Waals surface area contributed by atoms with Crippen LogP contribution in [0.3, 0.4) is 0 Å². The topological polar surface area (TPSA) is 121 Å². The van der Waals surface area contributed by atoms with Gasteiger partial charge in [-0.25, -0.2) is 0 Å². The lowest BCUT2D eigenvalue weighted by atomic mass is 9.82. The number of ether oxygens (including phenoxy) is 1. The summed E-state index contributed by atoms with van der Waals surface area (Å²) in [7, 11) is -2.82. The molecule has 1 aromatic heterocycles. The van der Waals surface area contributed by atoms with Crippen LogP contribution in [0.25, 0.3) is 0 Å². The number of benzene rings is 3. The van der Waals surface area contributed by atoms with Crippen LogP contribution in [0.2, 0.25) is 18.6 Å². The second-order valence-corrected chi connectivity index (χ2v) is 17.2. The van der Waals surface area contributed by atoms with Crippen LogP contribution in [0.5, 0.6) is 0 Å². The first-order valence-corrected chi connectivity index (χ1v) is 18.9. The Bertz CT molecular complexity index is 1760. The fourth-order valence-corrected chi connectivity index (χ4v) is 10.2. The summed E-state index contributed by atoms with van der Waals surface area (Å²) in [6.07, 6.45) is 1.56. The van der Waals surface area contributed by atoms with Crippen LogP contribution in [-0.4, -0.2) is 57.7 Å². The van der Waals surface area contributed by atoms with Gasteiger partial charge in [0.25, 0.3) is 5.91 Å². The normalized spacial score (nSPS) is 24.8. The SMILES string of the molecule is C[C@H]1[C@H]([Si](C)(C)O)[C@@H](CCn2cc([C@H](O)c3ccccc3)nn2)O[C@]12C(=O)N(Cc1ccc(N3CCC3=O)cc1)c1ccccc12. The van der Waals surface area contributed by atoms with E-state index >= 15 is 0 Å². The number of hydrogen-bond donors (Lipinski definition) is 2. The molecule has 7 rings (SSSR count). The monoisotopic (exact) mass is 637 g/mol. The summed E-state index contributed by atoms with van der Waals surface area (Å²) < 4.78 is 8.62. The van der Waals surface area contributed by atoms with Crippen molar-refractivity contribution in [2.75, 3.05) is 16.3 Å². The molecule has 4 heterocycles. The molecule has 238 valence electrons. The molecule has 2 N–H and O–H groups in total. The Balaban J connectivity index is 1.14. The highest BCUT2D eigenvalue weighted by Gasteiger charge is 2.66. The van der Waals surface area contributed by atoms with Crippen LogP contribution in [0.4, 0.5) is 11.4 Å². The molecule has 2 saturated heterocycles. The summed E-state index contributed by atoms with van der Waals surface area (Å²) in [6.45, 7) is 7.42. The van der Waals surface area contributed by atoms with Gasteiger partial charge >= 0.3 is 0 Å². The quantitative estimate of drug-likeness (QED) is 0.204. The van der Waals surface area contributed by atoms with Crippen LogP contribution < -0.4 is 9.80 Å². The Kier molecular flexibility index (Phi) is 7.67. The number of β-lactam (4-membered cyclic amide) rings is 1. The molecular formula is C35H39N5O5Si. The van der Waals surface area contributed by atoms with Gasteiger partial charge in [-0.15, -0.1) is 5.10 Å². The minimum atomic E-state index is -2.82. The maximum absolute atomic E-state index is 14.6. The number of aliphatic hydroxyl groups is 1. The first-order valence-electron chi connectivity index (χ1n) is 15.9. The average Bonchev–Trinajstić information content (AvgIpc) is 3.71. The van der Waals surface area contributed by atoms with E-state index in [0.29, 0.717) is 31.6 Å². The van der Waals surface area contributed by atoms with Gasteiger partial charge in [0.2, 0.25) is 5.91 Å². The number of para-hydroxylation sites is 1. The largest absolute Gasteiger partial charge is 0.432 e. The van der Waals surface area contributed by atoms with Crippen molar-refractivity contribution in [2.24, 2.45) is 5.92 Å². The summed E-state index contributed by atoms with van der Waals surface area (Å²) in [6, 6.07) is 24.9. The molecule has 3 aliphatic rings. The minimum absolute atomic E-state index is 0.122. The number of carbonyl (C=O) groups excluding carboxylic acids is 2. The molecule has 3 aromatic carbocycles. The summed E-state index contributed by atoms with van der Waals surface area (Å²) in [4.78, 5) is 41.7. The fraction of sp³-hybridized carbons (Fsp3) is 0.371. The van der Waals surface area contributed by atoms with Gasteiger partial charge < -0.3 is 24.4 Å². The van der Waals surface area contributed by atoms with Crippen molar-refractivity contribution >= 4 is 31.5 Å². The summed E-state index contributed by atoms with van der Waals surface area (Å²) in [5.74, 6) is -0.268. The number of nitrogens with zero attached hydrogens (tertiary/aromatic N) is 5. The molecule has 0 saturated carbocycles. The van der Waals surface area contributed by atoms with Crippen LogP contribution in [0, 0.1) is 5.92 Å². The zero-order valence-corrected chi connectivity index (χ0v) is 27.3. The Morgan fingerprint density at radius 3 is 2.41 bits per heavy atom. The van der Waals surface area contributed by atoms with E-state index in [9.17, 15) is 19.5 Å². The van der Waals surface area contributed by atoms with Gasteiger partial charge in [-0.3, -0.25) is 14.3 Å². The molecule has 3 aliphatic heterocycles. The Hall–Kier alpha value is -4.16. The molecule has 5 atom stereocenters. The second-order valence-electron chi connectivity index (χ2n) is 13.2. The fourth-order valence-electron chi connectivity index (χ4n) is 7.62. The summed E-state index contributed by atoms with van der Waals surface area (Å²) in [5, 5.41) is 19.3. The van der Waals surface area contributed by atoms with Gasteiger partial charge in [-0.1, -0.05) is 72.8 Å². The molecule has 0 radical (unpaired) electrons. The molecule has 0 unspecified atom stereocenters. The first-order chi connectivity index (χ1) is 22.1. The molecule has 2 amide bonds. The third-order valence-corrected chi connectivity index (χ3v) is 12.4. The molecule has 2 fully saturated rings. The molecule has 0 aliphatic carbocycles. The second kappa shape index (κ2) is 11.6. The van der Waals surface area contributed by atoms with Gasteiger partial charge in [0.15, 0.2) is 13.9 Å². The predicted molar refractivity (Wildman–Crippen MR) is 175 cm³/mol. The highest BCUT2D eigenvalue weighted by Crippen LogP contribution is 2.59. The van der Waals surface area contributed by atoms with Crippen LogP contribution in [0.15, 0.2) is 85.1 Å². The highest BCUT2D eigenvalue weighted by molar-refractivity contribution is 6.71. The van der Waals surface area contributed by atoms with Crippen molar-refractivity contribution in [3.63, 3.8) is 0 Å². The maximum Gasteiger partial charge on any atom is 0.264 e. The van der Waals surface area contributed by atoms with E-state index in [1.807, 2.05) is 98.9 Å². The van der Waals surface area contributed by atoms with Gasteiger partial charge in [0.05, 0.1) is 24.5 Å². The number of amides is 2. The van der Waals surface area contributed by atoms with Gasteiger partial charge in [0, 0.05) is 42.2 Å². The smallest absolute Gasteiger partial charge is 0.264 e. The molecule has 0 bridgehead atoms. The number of carbonyl (C=O) groups is 2. The molecule has 10 nitrogen and oxygen atoms in total. The van der Waals surface area contributed by atoms with Crippen molar-refractivity contribution in [3.05, 3.63) is 107 Å². The van der Waals surface area contributed by atoms with Crippen LogP contribution in [-0.2, 0) is 33.0 Å². The number of rotatable bonds is 9. The van der Waals surface area contributed by atoms with Crippen molar-refractivity contribution in [1.82, 2.24) is 15.0 Å². The Morgan fingerprint density at radius 2 is 1.74 bits per heavy atom. The Morgan fingerprint density at radius 1 is 1.02 bits per heavy atom. The number of aromatic nitrogens is 3. The van der Waals surface area contributed by atoms with Crippen molar-refractivity contribution in [2.45, 2.75) is 69.3 Å². The van der Waals surface area contributed by atoms with Crippen LogP contribution >= 0.6 is 0 Å². The van der Waals surface area contributed by atoms with E-state index in [0.717, 1.165) is 34.6 Å². The lowest BCUT2D eigenvalue weighted by Gasteiger charge is -2.32. The van der Waals surface area contributed by atoms with Gasteiger partial charge in [0.1, 0.15) is 11.8 Å². The van der Waals surface area contributed by atoms with Gasteiger partial charge in [-0.2, -0.15) is 0 Å². The third-order valence-electron chi connectivity index (χ3n) is 9.92. The minimum Gasteiger partial charge on any atom is -0.432 e. The third kappa shape index (κ3) is 5.07. The highest BCUT2D eigenvalue weighted by atomic mass is 28.4. The van der Waals surface area contributed by atoms with E-state index in [1.165, 1.54) is 0 Å². The number of aliphatic hydroxyl groups excluding tert-OH is 1. The number of aryl methyl sites for hydroxylation is 1. The lowest BCUT2D eigenvalue weighted by molar-refractivity contribution is -0.146. The molecular weight excluding hydrogens is 599 g/mol. The van der Waals surface area contributed by atoms with Gasteiger partial charge in [-0.05, 0) is 48.8 Å². The Labute approximate surface area is 269 Å². The number of hydrogen-bond acceptors (Lipinski definition) is 7. The standard InChI is InChI=1S/C35H39N5O5Si/c1-23-33(46(2,3)44)30(17-19-38-22-28(36-37-38)32(42)25-9-5-4-6-10-25)45-35(23)27-11-7-8-12-29(27)40(34(35)43)21-24-13-15-26(16-14-24)39-20-18-31(39)41/h4-16,22-23,30,32-33,42,44H,17-21H2,1-3H3/t23-,30+,32+,33-,35+/m0/s1. The van der Waals surface area contributed by atoms with E-state index in [1.54, 1.807) is 20.7 Å². The molecule has 4 aromatic rings. The average molecular weight is 638 g/mol. The molecule has 1 spiro atoms. The molecule has 11 heteroatoms. The van der Waals surface area contributed by atoms with E-state index in [4.69, 9.17) is 4.74 Å². The number of fused-ring (bicyclic) bond motifs is 2. The first kappa shape index (κ1) is 30.5. The van der Waals surface area contributed by atoms with E-state index in [2.05, 4.69) is 10.3 Å². The van der Waals surface area contributed by atoms with Crippen molar-refractivity contribution in [1.29, 1.82) is 0 Å². The van der Waals surface area contributed by atoms with Crippen LogP contribution in [0.1, 0.15) is 48.3 Å². The number of anilines is 2. The van der Waals surface area contributed by atoms with Crippen molar-refractivity contribution < 1.29 is 24.2 Å². The molecule has 46 heavy (non-hydrogen) atoms. The zero-order chi connectivity index (χ0) is 32.2. The van der Waals surface area contributed by atoms with E-state index < -0.39 is 26.1 Å². The van der Waals surface area contributed by atoms with Crippen molar-refractivity contribution in [3.8, 4) is 0 Å². The van der Waals surface area contributed by atoms with E-state index in [-0.39, 0.29) is 23.3 Å². The summed E-state index contributed by atoms with van der Waals surface area (Å²) in [5.41, 5.74) is 3.22. The summed E-state index contributed by atoms with van der Waals surface area (Å²) >= 11 is 0. The maximum atomic E-state index is 14.6.